The molecule has 1 fully saturated rings. The topological polar surface area (TPSA) is 71.4 Å². The molecule has 1 rings (SSSR count). The first-order valence-electron chi connectivity index (χ1n) is 6.36. The molecule has 1 aliphatic rings. The molecule has 0 aromatic rings. The zero-order chi connectivity index (χ0) is 12.9. The molecule has 0 aliphatic carbocycles. The molecular formula is C12H22O4S. The molecular weight excluding hydrogens is 240 g/mol. The third-order valence-corrected chi connectivity index (χ3v) is 5.42. The first-order valence-corrected chi connectivity index (χ1v) is 8.18. The lowest BCUT2D eigenvalue weighted by molar-refractivity contribution is -0.147. The molecule has 0 radical (unpaired) electrons. The summed E-state index contributed by atoms with van der Waals surface area (Å²) in [6.07, 6.45) is 6.05. The van der Waals surface area contributed by atoms with Crippen LogP contribution in [0.1, 0.15) is 51.9 Å². The van der Waals surface area contributed by atoms with Gasteiger partial charge in [0.15, 0.2) is 9.84 Å². The number of hydrogen-bond donors (Lipinski definition) is 1. The van der Waals surface area contributed by atoms with E-state index in [2.05, 4.69) is 6.92 Å². The summed E-state index contributed by atoms with van der Waals surface area (Å²) in [4.78, 5) is 11.3. The number of unbranched alkanes of at least 4 members (excludes halogenated alkanes) is 4. The SMILES string of the molecule is CCCCCCCC1(C(=O)O)CCS(=O)(=O)C1. The van der Waals surface area contributed by atoms with E-state index < -0.39 is 21.2 Å². The van der Waals surface area contributed by atoms with Crippen molar-refractivity contribution >= 4 is 15.8 Å². The van der Waals surface area contributed by atoms with Crippen LogP contribution in [0, 0.1) is 5.41 Å². The Labute approximate surface area is 103 Å². The van der Waals surface area contributed by atoms with E-state index in [1.165, 1.54) is 6.42 Å². The quantitative estimate of drug-likeness (QED) is 0.714. The standard InChI is InChI=1S/C12H22O4S/c1-2-3-4-5-6-7-12(11(13)14)8-9-17(15,16)10-12/h2-10H2,1H3,(H,13,14). The Morgan fingerprint density at radius 2 is 1.88 bits per heavy atom. The lowest BCUT2D eigenvalue weighted by Crippen LogP contribution is -2.32. The molecule has 1 atom stereocenters. The zero-order valence-corrected chi connectivity index (χ0v) is 11.3. The Hall–Kier alpha value is -0.580. The van der Waals surface area contributed by atoms with Gasteiger partial charge in [-0.15, -0.1) is 0 Å². The van der Waals surface area contributed by atoms with Gasteiger partial charge in [-0.3, -0.25) is 4.79 Å². The van der Waals surface area contributed by atoms with E-state index in [1.54, 1.807) is 0 Å². The average molecular weight is 262 g/mol. The van der Waals surface area contributed by atoms with Crippen molar-refractivity contribution in [3.63, 3.8) is 0 Å². The number of sulfone groups is 1. The van der Waals surface area contributed by atoms with Crippen LogP contribution in [-0.2, 0) is 14.6 Å². The molecule has 4 nitrogen and oxygen atoms in total. The highest BCUT2D eigenvalue weighted by molar-refractivity contribution is 7.91. The molecule has 0 amide bonds. The molecule has 100 valence electrons. The van der Waals surface area contributed by atoms with Crippen LogP contribution in [0.5, 0.6) is 0 Å². The fourth-order valence-corrected chi connectivity index (χ4v) is 4.56. The van der Waals surface area contributed by atoms with Crippen LogP contribution >= 0.6 is 0 Å². The Balaban J connectivity index is 2.48. The smallest absolute Gasteiger partial charge is 0.310 e. The van der Waals surface area contributed by atoms with Crippen molar-refractivity contribution in [2.45, 2.75) is 51.9 Å². The van der Waals surface area contributed by atoms with Crippen LogP contribution < -0.4 is 0 Å². The van der Waals surface area contributed by atoms with Crippen molar-refractivity contribution in [3.05, 3.63) is 0 Å². The van der Waals surface area contributed by atoms with Gasteiger partial charge in [-0.2, -0.15) is 0 Å². The molecule has 1 saturated heterocycles. The Kier molecular flexibility index (Phi) is 4.98. The van der Waals surface area contributed by atoms with E-state index in [-0.39, 0.29) is 11.5 Å². The highest BCUT2D eigenvalue weighted by atomic mass is 32.2. The van der Waals surface area contributed by atoms with Gasteiger partial charge in [-0.05, 0) is 12.8 Å². The van der Waals surface area contributed by atoms with E-state index in [0.29, 0.717) is 12.8 Å². The summed E-state index contributed by atoms with van der Waals surface area (Å²) in [6.45, 7) is 2.13. The Morgan fingerprint density at radius 3 is 2.35 bits per heavy atom. The van der Waals surface area contributed by atoms with Gasteiger partial charge in [0.1, 0.15) is 0 Å². The fraction of sp³-hybridized carbons (Fsp3) is 0.917. The summed E-state index contributed by atoms with van der Waals surface area (Å²) in [5.74, 6) is -1.06. The molecule has 17 heavy (non-hydrogen) atoms. The minimum absolute atomic E-state index is 0.0360. The first-order chi connectivity index (χ1) is 7.92. The molecule has 0 bridgehead atoms. The van der Waals surface area contributed by atoms with Crippen LogP contribution in [0.15, 0.2) is 0 Å². The van der Waals surface area contributed by atoms with Gasteiger partial charge < -0.3 is 5.11 Å². The van der Waals surface area contributed by atoms with Gasteiger partial charge in [0.25, 0.3) is 0 Å². The van der Waals surface area contributed by atoms with E-state index in [0.717, 1.165) is 25.7 Å². The average Bonchev–Trinajstić information content (AvgIpc) is 2.55. The Morgan fingerprint density at radius 1 is 1.24 bits per heavy atom. The maximum atomic E-state index is 11.4. The molecule has 1 unspecified atom stereocenters. The van der Waals surface area contributed by atoms with Crippen LogP contribution in [0.25, 0.3) is 0 Å². The van der Waals surface area contributed by atoms with E-state index in [9.17, 15) is 18.3 Å². The van der Waals surface area contributed by atoms with E-state index in [1.807, 2.05) is 0 Å². The van der Waals surface area contributed by atoms with Crippen LogP contribution in [0.4, 0.5) is 0 Å². The third kappa shape index (κ3) is 3.98. The summed E-state index contributed by atoms with van der Waals surface area (Å²) in [7, 11) is -3.13. The molecule has 1 heterocycles. The number of carboxylic acids is 1. The number of rotatable bonds is 7. The fourth-order valence-electron chi connectivity index (χ4n) is 2.46. The minimum Gasteiger partial charge on any atom is -0.481 e. The van der Waals surface area contributed by atoms with Gasteiger partial charge in [0.2, 0.25) is 0 Å². The van der Waals surface area contributed by atoms with E-state index in [4.69, 9.17) is 0 Å². The number of carboxylic acid groups (broad SMARTS) is 1. The highest BCUT2D eigenvalue weighted by Gasteiger charge is 2.47. The number of aliphatic carboxylic acids is 1. The second-order valence-corrected chi connectivity index (χ2v) is 7.28. The predicted octanol–water partition coefficient (Wildman–Crippen LogP) is 2.24. The van der Waals surface area contributed by atoms with Gasteiger partial charge in [0.05, 0.1) is 16.9 Å². The van der Waals surface area contributed by atoms with E-state index >= 15 is 0 Å². The van der Waals surface area contributed by atoms with Crippen molar-refractivity contribution in [1.82, 2.24) is 0 Å². The summed E-state index contributed by atoms with van der Waals surface area (Å²) in [6, 6.07) is 0. The maximum absolute atomic E-state index is 11.4. The molecule has 1 N–H and O–H groups in total. The van der Waals surface area contributed by atoms with Gasteiger partial charge in [0, 0.05) is 0 Å². The Bertz CT molecular complexity index is 361. The monoisotopic (exact) mass is 262 g/mol. The molecule has 0 aromatic carbocycles. The van der Waals surface area contributed by atoms with Crippen LogP contribution in [0.3, 0.4) is 0 Å². The maximum Gasteiger partial charge on any atom is 0.310 e. The van der Waals surface area contributed by atoms with Gasteiger partial charge >= 0.3 is 5.97 Å². The second kappa shape index (κ2) is 5.85. The molecule has 5 heteroatoms. The normalized spacial score (nSPS) is 27.1. The summed E-state index contributed by atoms with van der Waals surface area (Å²) in [5.41, 5.74) is -0.995. The van der Waals surface area contributed by atoms with Crippen molar-refractivity contribution in [3.8, 4) is 0 Å². The first kappa shape index (κ1) is 14.5. The zero-order valence-electron chi connectivity index (χ0n) is 10.4. The van der Waals surface area contributed by atoms with Gasteiger partial charge in [-0.25, -0.2) is 8.42 Å². The minimum atomic E-state index is -3.13. The third-order valence-electron chi connectivity index (χ3n) is 3.60. The number of hydrogen-bond acceptors (Lipinski definition) is 3. The largest absolute Gasteiger partial charge is 0.481 e. The van der Waals surface area contributed by atoms with Crippen molar-refractivity contribution in [2.24, 2.45) is 5.41 Å². The van der Waals surface area contributed by atoms with Crippen LogP contribution in [0.2, 0.25) is 0 Å². The molecule has 0 aromatic heterocycles. The second-order valence-electron chi connectivity index (χ2n) is 5.09. The molecule has 0 saturated carbocycles. The summed E-state index contributed by atoms with van der Waals surface area (Å²) in [5, 5.41) is 9.23. The lowest BCUT2D eigenvalue weighted by atomic mass is 9.82. The number of carbonyl (C=O) groups is 1. The predicted molar refractivity (Wildman–Crippen MR) is 66.7 cm³/mol. The molecule has 0 spiro atoms. The van der Waals surface area contributed by atoms with Gasteiger partial charge in [-0.1, -0.05) is 39.0 Å². The van der Waals surface area contributed by atoms with Crippen LogP contribution in [-0.4, -0.2) is 31.0 Å². The van der Waals surface area contributed by atoms with Crippen molar-refractivity contribution in [2.75, 3.05) is 11.5 Å². The van der Waals surface area contributed by atoms with Crippen molar-refractivity contribution < 1.29 is 18.3 Å². The highest BCUT2D eigenvalue weighted by Crippen LogP contribution is 2.37. The van der Waals surface area contributed by atoms with Crippen molar-refractivity contribution in [1.29, 1.82) is 0 Å². The molecule has 1 aliphatic heterocycles. The summed E-state index contributed by atoms with van der Waals surface area (Å²) >= 11 is 0. The lowest BCUT2D eigenvalue weighted by Gasteiger charge is -2.21. The summed E-state index contributed by atoms with van der Waals surface area (Å²) < 4.78 is 22.8.